The van der Waals surface area contributed by atoms with E-state index in [1.54, 1.807) is 18.2 Å². The Hall–Kier alpha value is -1.08. The van der Waals surface area contributed by atoms with Crippen LogP contribution in [0.2, 0.25) is 5.02 Å². The average molecular weight is 376 g/mol. The molecule has 0 unspecified atom stereocenters. The number of halogens is 2. The van der Waals surface area contributed by atoms with Crippen LogP contribution in [0, 0.1) is 0 Å². The van der Waals surface area contributed by atoms with Crippen molar-refractivity contribution in [3.8, 4) is 0 Å². The fourth-order valence-electron chi connectivity index (χ4n) is 1.64. The van der Waals surface area contributed by atoms with Crippen LogP contribution in [0.4, 0.5) is 5.69 Å². The van der Waals surface area contributed by atoms with E-state index < -0.39 is 10.0 Å². The highest BCUT2D eigenvalue weighted by Gasteiger charge is 2.07. The molecule has 0 fully saturated rings. The Bertz CT molecular complexity index is 735. The van der Waals surface area contributed by atoms with Gasteiger partial charge in [-0.1, -0.05) is 23.7 Å². The lowest BCUT2D eigenvalue weighted by atomic mass is 10.2. The van der Waals surface area contributed by atoms with Crippen molar-refractivity contribution in [3.63, 3.8) is 0 Å². The third-order valence-corrected chi connectivity index (χ3v) is 4.77. The van der Waals surface area contributed by atoms with Crippen molar-refractivity contribution in [2.24, 2.45) is 5.14 Å². The lowest BCUT2D eigenvalue weighted by Gasteiger charge is -2.08. The van der Waals surface area contributed by atoms with Gasteiger partial charge in [-0.25, -0.2) is 13.6 Å². The summed E-state index contributed by atoms with van der Waals surface area (Å²) >= 11 is 9.28. The quantitative estimate of drug-likeness (QED) is 0.860. The molecular weight excluding hydrogens is 364 g/mol. The lowest BCUT2D eigenvalue weighted by molar-refractivity contribution is 0.598. The molecule has 106 valence electrons. The van der Waals surface area contributed by atoms with Crippen molar-refractivity contribution in [2.75, 3.05) is 5.32 Å². The number of nitrogens with one attached hydrogen (secondary N) is 1. The molecule has 0 atom stereocenters. The Morgan fingerprint density at radius 3 is 2.60 bits per heavy atom. The first-order valence-electron chi connectivity index (χ1n) is 5.67. The Balaban J connectivity index is 2.13. The average Bonchev–Trinajstić information content (AvgIpc) is 2.39. The first kappa shape index (κ1) is 15.3. The summed E-state index contributed by atoms with van der Waals surface area (Å²) in [5, 5.41) is 8.87. The van der Waals surface area contributed by atoms with Crippen molar-refractivity contribution in [2.45, 2.75) is 11.4 Å². The highest BCUT2D eigenvalue weighted by atomic mass is 79.9. The van der Waals surface area contributed by atoms with E-state index >= 15 is 0 Å². The number of hydrogen-bond donors (Lipinski definition) is 2. The van der Waals surface area contributed by atoms with Crippen molar-refractivity contribution in [3.05, 3.63) is 57.5 Å². The van der Waals surface area contributed by atoms with Gasteiger partial charge in [-0.3, -0.25) is 0 Å². The van der Waals surface area contributed by atoms with E-state index in [9.17, 15) is 8.42 Å². The minimum atomic E-state index is -3.69. The molecule has 0 bridgehead atoms. The molecule has 0 radical (unpaired) electrons. The zero-order valence-electron chi connectivity index (χ0n) is 10.3. The van der Waals surface area contributed by atoms with E-state index in [0.717, 1.165) is 10.0 Å². The third kappa shape index (κ3) is 3.96. The molecule has 2 aromatic rings. The number of sulfonamides is 1. The van der Waals surface area contributed by atoms with E-state index in [1.165, 1.54) is 12.1 Å². The van der Waals surface area contributed by atoms with Crippen LogP contribution in [0.25, 0.3) is 0 Å². The van der Waals surface area contributed by atoms with Crippen LogP contribution in [-0.2, 0) is 16.6 Å². The molecule has 7 heteroatoms. The van der Waals surface area contributed by atoms with Crippen LogP contribution < -0.4 is 10.5 Å². The zero-order chi connectivity index (χ0) is 14.8. The van der Waals surface area contributed by atoms with E-state index in [1.807, 2.05) is 12.1 Å². The van der Waals surface area contributed by atoms with Crippen LogP contribution in [0.3, 0.4) is 0 Å². The van der Waals surface area contributed by atoms with E-state index in [4.69, 9.17) is 16.7 Å². The SMILES string of the molecule is NS(=O)(=O)c1cccc(NCc2ccc(Cl)c(Br)c2)c1. The number of anilines is 1. The molecule has 3 N–H and O–H groups in total. The van der Waals surface area contributed by atoms with Crippen molar-refractivity contribution in [1.82, 2.24) is 0 Å². The first-order chi connectivity index (χ1) is 9.36. The second kappa shape index (κ2) is 6.13. The summed E-state index contributed by atoms with van der Waals surface area (Å²) in [6.45, 7) is 0.545. The lowest BCUT2D eigenvalue weighted by Crippen LogP contribution is -2.12. The topological polar surface area (TPSA) is 72.2 Å². The summed E-state index contributed by atoms with van der Waals surface area (Å²) in [4.78, 5) is 0.0831. The largest absolute Gasteiger partial charge is 0.381 e. The van der Waals surface area contributed by atoms with Crippen LogP contribution in [0.5, 0.6) is 0 Å². The molecule has 2 aromatic carbocycles. The summed E-state index contributed by atoms with van der Waals surface area (Å²) < 4.78 is 23.4. The van der Waals surface area contributed by atoms with Crippen LogP contribution >= 0.6 is 27.5 Å². The van der Waals surface area contributed by atoms with Crippen molar-refractivity contribution < 1.29 is 8.42 Å². The molecule has 0 spiro atoms. The minimum absolute atomic E-state index is 0.0831. The first-order valence-corrected chi connectivity index (χ1v) is 8.38. The molecule has 0 aromatic heterocycles. The van der Waals surface area contributed by atoms with E-state index in [-0.39, 0.29) is 4.90 Å². The van der Waals surface area contributed by atoms with Gasteiger partial charge in [0.25, 0.3) is 0 Å². The molecule has 4 nitrogen and oxygen atoms in total. The molecule has 0 aliphatic rings. The molecule has 0 heterocycles. The van der Waals surface area contributed by atoms with Gasteiger partial charge in [0.05, 0.1) is 9.92 Å². The highest BCUT2D eigenvalue weighted by molar-refractivity contribution is 9.10. The minimum Gasteiger partial charge on any atom is -0.381 e. The summed E-state index contributed by atoms with van der Waals surface area (Å²) in [6.07, 6.45) is 0. The monoisotopic (exact) mass is 374 g/mol. The maximum atomic E-state index is 11.3. The highest BCUT2D eigenvalue weighted by Crippen LogP contribution is 2.24. The fraction of sp³-hybridized carbons (Fsp3) is 0.0769. The fourth-order valence-corrected chi connectivity index (χ4v) is 2.74. The van der Waals surface area contributed by atoms with E-state index in [2.05, 4.69) is 21.2 Å². The number of rotatable bonds is 4. The molecule has 0 aliphatic heterocycles. The van der Waals surface area contributed by atoms with Gasteiger partial charge in [-0.05, 0) is 51.8 Å². The molecule has 0 saturated carbocycles. The van der Waals surface area contributed by atoms with Gasteiger partial charge in [0.2, 0.25) is 10.0 Å². The number of nitrogens with two attached hydrogens (primary N) is 1. The van der Waals surface area contributed by atoms with E-state index in [0.29, 0.717) is 17.3 Å². The van der Waals surface area contributed by atoms with Gasteiger partial charge in [0.15, 0.2) is 0 Å². The molecule has 0 amide bonds. The standard InChI is InChI=1S/C13H12BrClN2O2S/c14-12-6-9(4-5-13(12)15)8-17-10-2-1-3-11(7-10)20(16,18)19/h1-7,17H,8H2,(H2,16,18,19). The van der Waals surface area contributed by atoms with Gasteiger partial charge in [0.1, 0.15) is 0 Å². The molecule has 20 heavy (non-hydrogen) atoms. The van der Waals surface area contributed by atoms with Crippen LogP contribution in [0.1, 0.15) is 5.56 Å². The second-order valence-corrected chi connectivity index (χ2v) is 7.00. The van der Waals surface area contributed by atoms with Crippen molar-refractivity contribution >= 4 is 43.2 Å². The summed E-state index contributed by atoms with van der Waals surface area (Å²) in [7, 11) is -3.69. The maximum absolute atomic E-state index is 11.3. The van der Waals surface area contributed by atoms with Gasteiger partial charge >= 0.3 is 0 Å². The second-order valence-electron chi connectivity index (χ2n) is 4.17. The molecule has 0 aliphatic carbocycles. The van der Waals surface area contributed by atoms with Crippen LogP contribution in [-0.4, -0.2) is 8.42 Å². The third-order valence-electron chi connectivity index (χ3n) is 2.64. The van der Waals surface area contributed by atoms with Crippen molar-refractivity contribution in [1.29, 1.82) is 0 Å². The van der Waals surface area contributed by atoms with Gasteiger partial charge in [-0.15, -0.1) is 0 Å². The van der Waals surface area contributed by atoms with Gasteiger partial charge in [-0.2, -0.15) is 0 Å². The normalized spacial score (nSPS) is 11.3. The number of benzene rings is 2. The number of hydrogen-bond acceptors (Lipinski definition) is 3. The summed E-state index contributed by atoms with van der Waals surface area (Å²) in [5.74, 6) is 0. The summed E-state index contributed by atoms with van der Waals surface area (Å²) in [6, 6.07) is 12.0. The Morgan fingerprint density at radius 2 is 1.95 bits per heavy atom. The Morgan fingerprint density at radius 1 is 1.20 bits per heavy atom. The molecular formula is C13H12BrClN2O2S. The van der Waals surface area contributed by atoms with Crippen LogP contribution in [0.15, 0.2) is 51.8 Å². The predicted molar refractivity (Wildman–Crippen MR) is 84.3 cm³/mol. The number of primary sulfonamides is 1. The van der Waals surface area contributed by atoms with Gasteiger partial charge in [0, 0.05) is 16.7 Å². The summed E-state index contributed by atoms with van der Waals surface area (Å²) in [5.41, 5.74) is 1.70. The molecule has 2 rings (SSSR count). The Kier molecular flexibility index (Phi) is 4.70. The predicted octanol–water partition coefficient (Wildman–Crippen LogP) is 3.36. The Labute approximate surface area is 131 Å². The molecule has 0 saturated heterocycles. The van der Waals surface area contributed by atoms with Gasteiger partial charge < -0.3 is 5.32 Å². The maximum Gasteiger partial charge on any atom is 0.238 e. The smallest absolute Gasteiger partial charge is 0.238 e. The zero-order valence-corrected chi connectivity index (χ0v) is 13.5.